The molecule has 0 saturated heterocycles. The summed E-state index contributed by atoms with van der Waals surface area (Å²) in [7, 11) is 0. The number of aromatic nitrogens is 2. The van der Waals surface area contributed by atoms with Gasteiger partial charge in [0.1, 0.15) is 5.69 Å². The number of rotatable bonds is 3. The van der Waals surface area contributed by atoms with Crippen molar-refractivity contribution < 1.29 is 4.79 Å². The predicted molar refractivity (Wildman–Crippen MR) is 58.3 cm³/mol. The fraction of sp³-hybridized carbons (Fsp3) is 0.444. The second kappa shape index (κ2) is 4.31. The number of hydrogen-bond donors (Lipinski definition) is 4. The van der Waals surface area contributed by atoms with Crippen LogP contribution in [0.15, 0.2) is 15.7 Å². The van der Waals surface area contributed by atoms with Crippen molar-refractivity contribution in [2.24, 2.45) is 5.73 Å². The third-order valence-electron chi connectivity index (χ3n) is 1.71. The van der Waals surface area contributed by atoms with E-state index in [9.17, 15) is 14.4 Å². The molecule has 0 aliphatic rings. The molecule has 0 fully saturated rings. The fourth-order valence-electron chi connectivity index (χ4n) is 0.994. The van der Waals surface area contributed by atoms with Crippen LogP contribution in [0, 0.1) is 0 Å². The van der Waals surface area contributed by atoms with Crippen molar-refractivity contribution in [1.29, 1.82) is 0 Å². The molecule has 0 aliphatic carbocycles. The van der Waals surface area contributed by atoms with Gasteiger partial charge in [0, 0.05) is 18.2 Å². The molecule has 0 radical (unpaired) electrons. The lowest BCUT2D eigenvalue weighted by Crippen LogP contribution is -2.45. The first-order valence-corrected chi connectivity index (χ1v) is 4.69. The lowest BCUT2D eigenvalue weighted by atomic mass is 10.1. The van der Waals surface area contributed by atoms with Gasteiger partial charge in [0.15, 0.2) is 0 Å². The molecule has 1 aromatic heterocycles. The molecule has 0 unspecified atom stereocenters. The highest BCUT2D eigenvalue weighted by molar-refractivity contribution is 5.92. The van der Waals surface area contributed by atoms with Crippen LogP contribution in [-0.2, 0) is 0 Å². The Morgan fingerprint density at radius 1 is 1.44 bits per heavy atom. The number of H-pyrrole nitrogens is 2. The number of carbonyl (C=O) groups is 1. The van der Waals surface area contributed by atoms with E-state index in [0.717, 1.165) is 6.07 Å². The lowest BCUT2D eigenvalue weighted by molar-refractivity contribution is 0.0940. The van der Waals surface area contributed by atoms with Gasteiger partial charge >= 0.3 is 5.69 Å². The van der Waals surface area contributed by atoms with Crippen LogP contribution in [0.2, 0.25) is 0 Å². The second-order valence-corrected chi connectivity index (χ2v) is 4.17. The van der Waals surface area contributed by atoms with Crippen molar-refractivity contribution in [1.82, 2.24) is 15.3 Å². The van der Waals surface area contributed by atoms with Crippen LogP contribution in [0.4, 0.5) is 0 Å². The van der Waals surface area contributed by atoms with Crippen LogP contribution in [0.3, 0.4) is 0 Å². The molecule has 7 nitrogen and oxygen atoms in total. The molecular weight excluding hydrogens is 212 g/mol. The average Bonchev–Trinajstić information content (AvgIpc) is 2.11. The van der Waals surface area contributed by atoms with Gasteiger partial charge in [-0.1, -0.05) is 0 Å². The Hall–Kier alpha value is -1.89. The van der Waals surface area contributed by atoms with Crippen molar-refractivity contribution in [3.8, 4) is 0 Å². The van der Waals surface area contributed by atoms with Gasteiger partial charge in [0.2, 0.25) is 0 Å². The third kappa shape index (κ3) is 3.70. The topological polar surface area (TPSA) is 121 Å². The van der Waals surface area contributed by atoms with Gasteiger partial charge < -0.3 is 16.0 Å². The van der Waals surface area contributed by atoms with Crippen LogP contribution < -0.4 is 22.3 Å². The molecule has 1 aromatic rings. The van der Waals surface area contributed by atoms with E-state index in [1.54, 1.807) is 13.8 Å². The molecule has 16 heavy (non-hydrogen) atoms. The van der Waals surface area contributed by atoms with Crippen molar-refractivity contribution in [3.63, 3.8) is 0 Å². The molecule has 5 N–H and O–H groups in total. The molecule has 0 bridgehead atoms. The first-order chi connectivity index (χ1) is 7.28. The summed E-state index contributed by atoms with van der Waals surface area (Å²) in [6.07, 6.45) is 0. The van der Waals surface area contributed by atoms with E-state index in [4.69, 9.17) is 5.73 Å². The zero-order chi connectivity index (χ0) is 12.3. The Bertz CT molecular complexity index is 466. The van der Waals surface area contributed by atoms with Crippen molar-refractivity contribution in [2.45, 2.75) is 19.4 Å². The normalized spacial score (nSPS) is 11.2. The van der Waals surface area contributed by atoms with E-state index in [1.165, 1.54) is 0 Å². The Balaban J connectivity index is 2.82. The standard InChI is InChI=1S/C9H14N4O3/c1-9(2,10)4-11-7(15)5-3-6(14)13-8(16)12-5/h3H,4,10H2,1-2H3,(H,11,15)(H2,12,13,14,16). The summed E-state index contributed by atoms with van der Waals surface area (Å²) >= 11 is 0. The van der Waals surface area contributed by atoms with Crippen molar-refractivity contribution in [2.75, 3.05) is 6.54 Å². The monoisotopic (exact) mass is 226 g/mol. The fourth-order valence-corrected chi connectivity index (χ4v) is 0.994. The number of amides is 1. The zero-order valence-electron chi connectivity index (χ0n) is 9.09. The minimum atomic E-state index is -0.718. The Morgan fingerprint density at radius 3 is 2.56 bits per heavy atom. The first kappa shape index (κ1) is 12.2. The molecule has 0 atom stereocenters. The van der Waals surface area contributed by atoms with Crippen LogP contribution >= 0.6 is 0 Å². The van der Waals surface area contributed by atoms with Gasteiger partial charge in [-0.05, 0) is 13.8 Å². The Labute approximate surface area is 91.1 Å². The summed E-state index contributed by atoms with van der Waals surface area (Å²) in [5, 5.41) is 2.51. The minimum Gasteiger partial charge on any atom is -0.349 e. The molecule has 1 heterocycles. The highest BCUT2D eigenvalue weighted by atomic mass is 16.2. The molecule has 0 aliphatic heterocycles. The molecule has 0 saturated carbocycles. The molecule has 0 aromatic carbocycles. The molecule has 7 heteroatoms. The predicted octanol–water partition coefficient (Wildman–Crippen LogP) is -1.47. The minimum absolute atomic E-state index is 0.0852. The van der Waals surface area contributed by atoms with Crippen LogP contribution in [0.25, 0.3) is 0 Å². The van der Waals surface area contributed by atoms with Crippen LogP contribution in [0.1, 0.15) is 24.3 Å². The molecule has 1 rings (SSSR count). The second-order valence-electron chi connectivity index (χ2n) is 4.17. The van der Waals surface area contributed by atoms with Gasteiger partial charge in [0.25, 0.3) is 11.5 Å². The number of hydrogen-bond acceptors (Lipinski definition) is 4. The zero-order valence-corrected chi connectivity index (χ0v) is 9.09. The maximum absolute atomic E-state index is 11.5. The van der Waals surface area contributed by atoms with Crippen LogP contribution in [-0.4, -0.2) is 28.0 Å². The number of carbonyl (C=O) groups excluding carboxylic acids is 1. The number of nitrogens with two attached hydrogens (primary N) is 1. The van der Waals surface area contributed by atoms with E-state index in [0.29, 0.717) is 0 Å². The summed E-state index contributed by atoms with van der Waals surface area (Å²) < 4.78 is 0. The highest BCUT2D eigenvalue weighted by Crippen LogP contribution is 1.94. The van der Waals surface area contributed by atoms with E-state index >= 15 is 0 Å². The summed E-state index contributed by atoms with van der Waals surface area (Å²) in [6, 6.07) is 1.01. The average molecular weight is 226 g/mol. The van der Waals surface area contributed by atoms with Crippen LogP contribution in [0.5, 0.6) is 0 Å². The van der Waals surface area contributed by atoms with Gasteiger partial charge in [-0.15, -0.1) is 0 Å². The van der Waals surface area contributed by atoms with Crippen molar-refractivity contribution in [3.05, 3.63) is 32.6 Å². The summed E-state index contributed by atoms with van der Waals surface area (Å²) in [4.78, 5) is 37.5. The quantitative estimate of drug-likeness (QED) is 0.502. The summed E-state index contributed by atoms with van der Waals surface area (Å²) in [5.41, 5.74) is 3.68. The maximum atomic E-state index is 11.5. The van der Waals surface area contributed by atoms with Gasteiger partial charge in [-0.3, -0.25) is 14.6 Å². The van der Waals surface area contributed by atoms with Gasteiger partial charge in [0.05, 0.1) is 0 Å². The Morgan fingerprint density at radius 2 is 2.06 bits per heavy atom. The molecule has 88 valence electrons. The molecule has 1 amide bonds. The highest BCUT2D eigenvalue weighted by Gasteiger charge is 2.14. The first-order valence-electron chi connectivity index (χ1n) is 4.69. The van der Waals surface area contributed by atoms with Gasteiger partial charge in [-0.2, -0.15) is 0 Å². The van der Waals surface area contributed by atoms with E-state index in [-0.39, 0.29) is 12.2 Å². The van der Waals surface area contributed by atoms with E-state index in [2.05, 4.69) is 10.3 Å². The maximum Gasteiger partial charge on any atom is 0.326 e. The summed E-state index contributed by atoms with van der Waals surface area (Å²) in [6.45, 7) is 3.72. The largest absolute Gasteiger partial charge is 0.349 e. The molecule has 0 spiro atoms. The number of aromatic amines is 2. The SMILES string of the molecule is CC(C)(N)CNC(=O)c1cc(=O)[nH]c(=O)[nH]1. The lowest BCUT2D eigenvalue weighted by Gasteiger charge is -2.18. The van der Waals surface area contributed by atoms with Crippen molar-refractivity contribution >= 4 is 5.91 Å². The van der Waals surface area contributed by atoms with E-state index < -0.39 is 22.7 Å². The van der Waals surface area contributed by atoms with E-state index in [1.807, 2.05) is 4.98 Å². The summed E-state index contributed by atoms with van der Waals surface area (Å²) in [5.74, 6) is -0.540. The molecular formula is C9H14N4O3. The third-order valence-corrected chi connectivity index (χ3v) is 1.71. The van der Waals surface area contributed by atoms with Gasteiger partial charge in [-0.25, -0.2) is 4.79 Å². The smallest absolute Gasteiger partial charge is 0.326 e. The number of nitrogens with one attached hydrogen (secondary N) is 3. The Kier molecular flexibility index (Phi) is 3.28.